The van der Waals surface area contributed by atoms with Crippen molar-refractivity contribution in [3.63, 3.8) is 0 Å². The van der Waals surface area contributed by atoms with Gasteiger partial charge in [0, 0.05) is 12.8 Å². The van der Waals surface area contributed by atoms with E-state index in [1.54, 1.807) is 6.08 Å². The van der Waals surface area contributed by atoms with Crippen LogP contribution in [-0.2, 0) is 28.6 Å². The lowest BCUT2D eigenvalue weighted by molar-refractivity contribution is -0.166. The minimum absolute atomic E-state index is 0.104. The number of hydrogen-bond donors (Lipinski definition) is 0. The van der Waals surface area contributed by atoms with Crippen LogP contribution in [0.1, 0.15) is 361 Å². The maximum Gasteiger partial charge on any atom is 0.309 e. The number of ether oxygens (including phenoxy) is 3. The lowest BCUT2D eigenvalue weighted by atomic mass is 10.0. The molecule has 0 aliphatic heterocycles. The van der Waals surface area contributed by atoms with E-state index in [2.05, 4.69) is 81.5 Å². The number of carbonyl (C=O) groups is 3. The van der Waals surface area contributed by atoms with Crippen molar-refractivity contribution in [3.8, 4) is 0 Å². The summed E-state index contributed by atoms with van der Waals surface area (Å²) in [5.74, 6) is -1.02. The SMILES string of the molecule is CC/C=C\C/C=C\C/C=C\C/C=C\C/C=C\CC(=O)OCC(COC(=O)CCCCCCCCCCCCCCCCCCCCCCCCCCCCCCC)OC(=O)CCCCCCCCC/C=C\CCCCCCCCC. The van der Waals surface area contributed by atoms with Crippen LogP contribution >= 0.6 is 0 Å². The monoisotopic (exact) mass is 1120 g/mol. The molecule has 0 fully saturated rings. The fraction of sp³-hybridized carbons (Fsp3) is 0.797. The zero-order chi connectivity index (χ0) is 57.8. The van der Waals surface area contributed by atoms with Crippen LogP contribution in [0.15, 0.2) is 72.9 Å². The second kappa shape index (κ2) is 68.3. The highest BCUT2D eigenvalue weighted by Crippen LogP contribution is 2.18. The normalized spacial score (nSPS) is 12.5. The third-order valence-corrected chi connectivity index (χ3v) is 15.5. The highest BCUT2D eigenvalue weighted by atomic mass is 16.6. The van der Waals surface area contributed by atoms with Gasteiger partial charge in [0.25, 0.3) is 0 Å². The van der Waals surface area contributed by atoms with Gasteiger partial charge in [-0.2, -0.15) is 0 Å². The van der Waals surface area contributed by atoms with Crippen LogP contribution in [0.4, 0.5) is 0 Å². The molecule has 0 heterocycles. The molecule has 6 nitrogen and oxygen atoms in total. The largest absolute Gasteiger partial charge is 0.462 e. The van der Waals surface area contributed by atoms with E-state index in [-0.39, 0.29) is 31.6 Å². The molecule has 80 heavy (non-hydrogen) atoms. The zero-order valence-electron chi connectivity index (χ0n) is 53.3. The maximum atomic E-state index is 12.9. The Morgan fingerprint density at radius 2 is 0.537 bits per heavy atom. The molecule has 0 saturated carbocycles. The van der Waals surface area contributed by atoms with E-state index < -0.39 is 12.1 Å². The van der Waals surface area contributed by atoms with Crippen molar-refractivity contribution in [1.82, 2.24) is 0 Å². The minimum atomic E-state index is -0.818. The predicted octanol–water partition coefficient (Wildman–Crippen LogP) is 24.1. The summed E-state index contributed by atoms with van der Waals surface area (Å²) in [5.41, 5.74) is 0. The third kappa shape index (κ3) is 65.7. The fourth-order valence-electron chi connectivity index (χ4n) is 10.3. The summed E-state index contributed by atoms with van der Waals surface area (Å²) in [6.07, 6.45) is 89.7. The Hall–Kier alpha value is -3.15. The molecule has 0 aliphatic carbocycles. The van der Waals surface area contributed by atoms with Crippen LogP contribution in [0, 0.1) is 0 Å². The molecular formula is C74H132O6. The van der Waals surface area contributed by atoms with Gasteiger partial charge in [0.15, 0.2) is 6.10 Å². The molecule has 0 spiro atoms. The molecule has 0 radical (unpaired) electrons. The van der Waals surface area contributed by atoms with Gasteiger partial charge in [-0.3, -0.25) is 14.4 Å². The molecule has 6 heteroatoms. The second-order valence-electron chi connectivity index (χ2n) is 23.4. The van der Waals surface area contributed by atoms with Crippen molar-refractivity contribution < 1.29 is 28.6 Å². The van der Waals surface area contributed by atoms with Crippen LogP contribution in [-0.4, -0.2) is 37.2 Å². The second-order valence-corrected chi connectivity index (χ2v) is 23.4. The maximum absolute atomic E-state index is 12.9. The van der Waals surface area contributed by atoms with Crippen molar-refractivity contribution in [3.05, 3.63) is 72.9 Å². The van der Waals surface area contributed by atoms with E-state index in [1.165, 1.54) is 250 Å². The van der Waals surface area contributed by atoms with E-state index in [9.17, 15) is 14.4 Å². The molecule has 0 aromatic rings. The Labute approximate surface area is 497 Å². The molecule has 0 aromatic heterocycles. The Kier molecular flexibility index (Phi) is 65.7. The average Bonchev–Trinajstić information content (AvgIpc) is 3.46. The van der Waals surface area contributed by atoms with Gasteiger partial charge in [-0.1, -0.05) is 344 Å². The highest BCUT2D eigenvalue weighted by molar-refractivity contribution is 5.72. The lowest BCUT2D eigenvalue weighted by Gasteiger charge is -2.18. The number of esters is 3. The first-order valence-corrected chi connectivity index (χ1v) is 34.9. The van der Waals surface area contributed by atoms with Crippen molar-refractivity contribution in [1.29, 1.82) is 0 Å². The molecular weight excluding hydrogens is 985 g/mol. The quantitative estimate of drug-likeness (QED) is 0.0261. The molecule has 0 aromatic carbocycles. The molecule has 1 atom stereocenters. The number of carbonyl (C=O) groups excluding carboxylic acids is 3. The average molecular weight is 1120 g/mol. The van der Waals surface area contributed by atoms with Gasteiger partial charge in [-0.05, 0) is 70.6 Å². The summed E-state index contributed by atoms with van der Waals surface area (Å²) < 4.78 is 16.9. The van der Waals surface area contributed by atoms with Gasteiger partial charge in [-0.15, -0.1) is 0 Å². The van der Waals surface area contributed by atoms with Gasteiger partial charge < -0.3 is 14.2 Å². The van der Waals surface area contributed by atoms with Crippen LogP contribution in [0.25, 0.3) is 0 Å². The van der Waals surface area contributed by atoms with Crippen molar-refractivity contribution in [2.24, 2.45) is 0 Å². The summed E-state index contributed by atoms with van der Waals surface area (Å²) in [6, 6.07) is 0. The molecule has 0 aliphatic rings. The first-order chi connectivity index (χ1) is 39.5. The summed E-state index contributed by atoms with van der Waals surface area (Å²) in [5, 5.41) is 0. The Balaban J connectivity index is 4.27. The summed E-state index contributed by atoms with van der Waals surface area (Å²) in [6.45, 7) is 6.49. The van der Waals surface area contributed by atoms with Crippen molar-refractivity contribution in [2.45, 2.75) is 367 Å². The molecule has 0 N–H and O–H groups in total. The first kappa shape index (κ1) is 76.9. The van der Waals surface area contributed by atoms with Gasteiger partial charge in [-0.25, -0.2) is 0 Å². The van der Waals surface area contributed by atoms with E-state index in [0.29, 0.717) is 12.8 Å². The van der Waals surface area contributed by atoms with Gasteiger partial charge in [0.2, 0.25) is 0 Å². The molecule has 0 saturated heterocycles. The van der Waals surface area contributed by atoms with E-state index >= 15 is 0 Å². The van der Waals surface area contributed by atoms with Crippen LogP contribution < -0.4 is 0 Å². The zero-order valence-corrected chi connectivity index (χ0v) is 53.3. The molecule has 0 amide bonds. The van der Waals surface area contributed by atoms with E-state index in [1.807, 2.05) is 6.08 Å². The van der Waals surface area contributed by atoms with Gasteiger partial charge in [0.1, 0.15) is 13.2 Å². The van der Waals surface area contributed by atoms with Gasteiger partial charge in [0.05, 0.1) is 6.42 Å². The summed E-state index contributed by atoms with van der Waals surface area (Å²) >= 11 is 0. The number of hydrogen-bond acceptors (Lipinski definition) is 6. The smallest absolute Gasteiger partial charge is 0.309 e. The minimum Gasteiger partial charge on any atom is -0.462 e. The van der Waals surface area contributed by atoms with Crippen molar-refractivity contribution in [2.75, 3.05) is 13.2 Å². The lowest BCUT2D eigenvalue weighted by Crippen LogP contribution is -2.30. The Bertz CT molecular complexity index is 1470. The van der Waals surface area contributed by atoms with Crippen LogP contribution in [0.2, 0.25) is 0 Å². The number of rotatable bonds is 64. The van der Waals surface area contributed by atoms with E-state index in [4.69, 9.17) is 14.2 Å². The fourth-order valence-corrected chi connectivity index (χ4v) is 10.3. The Morgan fingerprint density at radius 1 is 0.275 bits per heavy atom. The van der Waals surface area contributed by atoms with Gasteiger partial charge >= 0.3 is 17.9 Å². The highest BCUT2D eigenvalue weighted by Gasteiger charge is 2.19. The molecule has 464 valence electrons. The molecule has 0 rings (SSSR count). The number of unbranched alkanes of at least 4 members (excludes halogenated alkanes) is 42. The molecule has 1 unspecified atom stereocenters. The number of allylic oxidation sites excluding steroid dienone is 11. The molecule has 0 bridgehead atoms. The summed E-state index contributed by atoms with van der Waals surface area (Å²) in [7, 11) is 0. The standard InChI is InChI=1S/C74H132O6/c1-4-7-10-13-16-19-22-25-28-30-32-33-34-35-36-37-38-39-40-41-42-44-46-49-52-55-58-61-64-67-73(76)79-70-71(69-78-72(75)66-63-60-57-54-51-48-45-27-24-21-18-15-12-9-6-3)80-74(77)68-65-62-59-56-53-50-47-43-31-29-26-23-20-17-14-11-8-5-2/h9,12,18,21,27,29,31,45,51,54,60,63,71H,4-8,10-11,13-17,19-20,22-26,28,30,32-44,46-50,52-53,55-59,61-62,64-70H2,1-3H3/b12-9-,21-18-,31-29-,45-27-,54-51-,63-60-. The topological polar surface area (TPSA) is 78.9 Å². The predicted molar refractivity (Wildman–Crippen MR) is 348 cm³/mol. The van der Waals surface area contributed by atoms with Crippen LogP contribution in [0.5, 0.6) is 0 Å². The first-order valence-electron chi connectivity index (χ1n) is 34.9. The van der Waals surface area contributed by atoms with Crippen LogP contribution in [0.3, 0.4) is 0 Å². The van der Waals surface area contributed by atoms with E-state index in [0.717, 1.165) is 70.6 Å². The third-order valence-electron chi connectivity index (χ3n) is 15.5. The summed E-state index contributed by atoms with van der Waals surface area (Å²) in [4.78, 5) is 38.3. The van der Waals surface area contributed by atoms with Crippen molar-refractivity contribution >= 4 is 17.9 Å². The Morgan fingerprint density at radius 3 is 0.863 bits per heavy atom.